The molecule has 1 aliphatic heterocycles. The van der Waals surface area contributed by atoms with Crippen LogP contribution in [-0.4, -0.2) is 29.7 Å². The molecule has 0 spiro atoms. The molecule has 132 valence electrons. The molecule has 0 saturated carbocycles. The predicted octanol–water partition coefficient (Wildman–Crippen LogP) is 2.84. The first-order valence-corrected chi connectivity index (χ1v) is 10.7. The number of aromatic nitrogens is 3. The van der Waals surface area contributed by atoms with Crippen LogP contribution < -0.4 is 4.31 Å². The molecular weight excluding hydrogens is 344 g/mol. The minimum absolute atomic E-state index is 0.397. The average Bonchev–Trinajstić information content (AvgIpc) is 2.99. The molecule has 0 unspecified atom stereocenters. The fraction of sp³-hybridized carbons (Fsp3) is 0.625. The molecule has 0 saturated heterocycles. The van der Waals surface area contributed by atoms with E-state index in [2.05, 4.69) is 10.1 Å². The van der Waals surface area contributed by atoms with Gasteiger partial charge in [-0.05, 0) is 39.0 Å². The Kier molecular flexibility index (Phi) is 4.70. The summed E-state index contributed by atoms with van der Waals surface area (Å²) in [6, 6.07) is 0. The molecule has 1 aliphatic rings. The van der Waals surface area contributed by atoms with Gasteiger partial charge in [-0.1, -0.05) is 13.8 Å². The molecule has 0 atom stereocenters. The minimum atomic E-state index is -3.63. The molecule has 0 fully saturated rings. The highest BCUT2D eigenvalue weighted by molar-refractivity contribution is 7.93. The molecule has 0 radical (unpaired) electrons. The van der Waals surface area contributed by atoms with Crippen LogP contribution in [0, 0.1) is 6.92 Å². The predicted molar refractivity (Wildman–Crippen MR) is 96.3 cm³/mol. The zero-order valence-corrected chi connectivity index (χ0v) is 16.3. The monoisotopic (exact) mass is 368 g/mol. The smallest absolute Gasteiger partial charge is 0.268 e. The summed E-state index contributed by atoms with van der Waals surface area (Å²) >= 11 is 1.48. The molecule has 2 aromatic heterocycles. The third-order valence-corrected chi connectivity index (χ3v) is 7.52. The quantitative estimate of drug-likeness (QED) is 0.832. The second-order valence-electron chi connectivity index (χ2n) is 6.07. The first kappa shape index (κ1) is 17.4. The van der Waals surface area contributed by atoms with Crippen LogP contribution in [0.1, 0.15) is 48.8 Å². The Bertz CT molecular complexity index is 852. The number of hydrogen-bond donors (Lipinski definition) is 0. The van der Waals surface area contributed by atoms with Crippen molar-refractivity contribution >= 4 is 26.4 Å². The number of nitrogens with zero attached hydrogens (tertiary/aromatic N) is 4. The fourth-order valence-electron chi connectivity index (χ4n) is 3.32. The van der Waals surface area contributed by atoms with Gasteiger partial charge in [0.25, 0.3) is 10.0 Å². The van der Waals surface area contributed by atoms with Crippen molar-refractivity contribution in [3.8, 4) is 0 Å². The van der Waals surface area contributed by atoms with Crippen LogP contribution in [0.25, 0.3) is 0 Å². The summed E-state index contributed by atoms with van der Waals surface area (Å²) in [5, 5.41) is 6.15. The van der Waals surface area contributed by atoms with Crippen molar-refractivity contribution in [3.05, 3.63) is 22.1 Å². The summed E-state index contributed by atoms with van der Waals surface area (Å²) in [7, 11) is -1.81. The maximum absolute atomic E-state index is 13.5. The SMILES string of the molecule is CCc1nn(C)c(CC)c1S(=O)(=O)N1CCCCc2nc(C)sc21. The largest absolute Gasteiger partial charge is 0.271 e. The summed E-state index contributed by atoms with van der Waals surface area (Å²) in [6.07, 6.45) is 3.91. The van der Waals surface area contributed by atoms with Crippen molar-refractivity contribution in [2.75, 3.05) is 10.8 Å². The number of rotatable bonds is 4. The van der Waals surface area contributed by atoms with Crippen molar-refractivity contribution in [2.24, 2.45) is 7.05 Å². The van der Waals surface area contributed by atoms with Crippen LogP contribution >= 0.6 is 11.3 Å². The van der Waals surface area contributed by atoms with E-state index in [0.29, 0.717) is 30.0 Å². The van der Waals surface area contributed by atoms with Gasteiger partial charge in [-0.15, -0.1) is 11.3 Å². The molecule has 3 heterocycles. The van der Waals surface area contributed by atoms with Gasteiger partial charge in [0.2, 0.25) is 0 Å². The standard InChI is InChI=1S/C16H24N4O2S2/c1-5-12-15(14(6-2)19(4)18-12)24(21,22)20-10-8-7-9-13-16(20)23-11(3)17-13/h5-10H2,1-4H3. The van der Waals surface area contributed by atoms with E-state index in [1.807, 2.05) is 27.8 Å². The number of fused-ring (bicyclic) bond motifs is 1. The fourth-order valence-corrected chi connectivity index (χ4v) is 6.60. The van der Waals surface area contributed by atoms with E-state index in [9.17, 15) is 8.42 Å². The van der Waals surface area contributed by atoms with Crippen molar-refractivity contribution in [3.63, 3.8) is 0 Å². The number of thiazole rings is 1. The molecule has 0 bridgehead atoms. The lowest BCUT2D eigenvalue weighted by Gasteiger charge is -2.22. The Balaban J connectivity index is 2.18. The first-order valence-electron chi connectivity index (χ1n) is 8.43. The second-order valence-corrected chi connectivity index (χ2v) is 9.05. The topological polar surface area (TPSA) is 68.1 Å². The van der Waals surface area contributed by atoms with Crippen LogP contribution in [0.3, 0.4) is 0 Å². The molecule has 0 N–H and O–H groups in total. The zero-order valence-electron chi connectivity index (χ0n) is 14.7. The summed E-state index contributed by atoms with van der Waals surface area (Å²) in [4.78, 5) is 4.95. The third-order valence-electron chi connectivity index (χ3n) is 4.44. The van der Waals surface area contributed by atoms with Gasteiger partial charge in [0.05, 0.1) is 22.1 Å². The van der Waals surface area contributed by atoms with Crippen molar-refractivity contribution in [1.82, 2.24) is 14.8 Å². The number of hydrogen-bond acceptors (Lipinski definition) is 5. The summed E-state index contributed by atoms with van der Waals surface area (Å²) < 4.78 is 30.4. The normalized spacial score (nSPS) is 15.4. The van der Waals surface area contributed by atoms with Crippen LogP contribution in [-0.2, 0) is 36.3 Å². The van der Waals surface area contributed by atoms with E-state index < -0.39 is 10.0 Å². The summed E-state index contributed by atoms with van der Waals surface area (Å²) in [6.45, 7) is 6.37. The molecule has 2 aromatic rings. The Morgan fingerprint density at radius 3 is 2.62 bits per heavy atom. The third kappa shape index (κ3) is 2.75. The van der Waals surface area contributed by atoms with Crippen LogP contribution in [0.2, 0.25) is 0 Å². The second kappa shape index (κ2) is 6.48. The maximum atomic E-state index is 13.5. The first-order chi connectivity index (χ1) is 11.4. The van der Waals surface area contributed by atoms with Gasteiger partial charge in [-0.3, -0.25) is 8.99 Å². The summed E-state index contributed by atoms with van der Waals surface area (Å²) in [5.41, 5.74) is 2.35. The van der Waals surface area contributed by atoms with E-state index in [4.69, 9.17) is 0 Å². The maximum Gasteiger partial charge on any atom is 0.268 e. The van der Waals surface area contributed by atoms with Gasteiger partial charge in [-0.2, -0.15) is 5.10 Å². The van der Waals surface area contributed by atoms with E-state index in [0.717, 1.165) is 40.7 Å². The van der Waals surface area contributed by atoms with E-state index in [1.165, 1.54) is 11.3 Å². The van der Waals surface area contributed by atoms with Crippen LogP contribution in [0.15, 0.2) is 4.90 Å². The summed E-state index contributed by atoms with van der Waals surface area (Å²) in [5.74, 6) is 0. The van der Waals surface area contributed by atoms with E-state index in [1.54, 1.807) is 8.99 Å². The molecule has 8 heteroatoms. The number of anilines is 1. The molecule has 3 rings (SSSR count). The number of aryl methyl sites for hydroxylation is 4. The highest BCUT2D eigenvalue weighted by Crippen LogP contribution is 2.37. The molecule has 0 aromatic carbocycles. The lowest BCUT2D eigenvalue weighted by molar-refractivity contribution is 0.587. The minimum Gasteiger partial charge on any atom is -0.271 e. The Morgan fingerprint density at radius 2 is 1.96 bits per heavy atom. The average molecular weight is 369 g/mol. The Morgan fingerprint density at radius 1 is 1.21 bits per heavy atom. The molecular formula is C16H24N4O2S2. The molecule has 24 heavy (non-hydrogen) atoms. The number of sulfonamides is 1. The van der Waals surface area contributed by atoms with Gasteiger partial charge < -0.3 is 0 Å². The van der Waals surface area contributed by atoms with Gasteiger partial charge >= 0.3 is 0 Å². The lowest BCUT2D eigenvalue weighted by atomic mass is 10.2. The van der Waals surface area contributed by atoms with Crippen molar-refractivity contribution < 1.29 is 8.42 Å². The van der Waals surface area contributed by atoms with E-state index in [-0.39, 0.29) is 0 Å². The van der Waals surface area contributed by atoms with Gasteiger partial charge in [0.1, 0.15) is 9.90 Å². The lowest BCUT2D eigenvalue weighted by Crippen LogP contribution is -2.32. The van der Waals surface area contributed by atoms with Gasteiger partial charge in [0.15, 0.2) is 0 Å². The molecule has 0 aliphatic carbocycles. The Hall–Kier alpha value is -1.41. The van der Waals surface area contributed by atoms with E-state index >= 15 is 0 Å². The van der Waals surface area contributed by atoms with Crippen LogP contribution in [0.5, 0.6) is 0 Å². The van der Waals surface area contributed by atoms with Crippen molar-refractivity contribution in [1.29, 1.82) is 0 Å². The van der Waals surface area contributed by atoms with Gasteiger partial charge in [-0.25, -0.2) is 13.4 Å². The van der Waals surface area contributed by atoms with Gasteiger partial charge in [0, 0.05) is 13.6 Å². The Labute approximate surface area is 147 Å². The zero-order chi connectivity index (χ0) is 17.5. The highest BCUT2D eigenvalue weighted by atomic mass is 32.2. The molecule has 0 amide bonds. The highest BCUT2D eigenvalue weighted by Gasteiger charge is 2.35. The van der Waals surface area contributed by atoms with Crippen molar-refractivity contribution in [2.45, 2.75) is 57.8 Å². The van der Waals surface area contributed by atoms with Crippen LogP contribution in [0.4, 0.5) is 5.00 Å². The molecule has 6 nitrogen and oxygen atoms in total.